The predicted molar refractivity (Wildman–Crippen MR) is 118 cm³/mol. The molecule has 0 saturated carbocycles. The number of carbonyl (C=O) groups is 2. The van der Waals surface area contributed by atoms with Gasteiger partial charge in [-0.2, -0.15) is 0 Å². The van der Waals surface area contributed by atoms with E-state index >= 15 is 0 Å². The maximum Gasteiger partial charge on any atom is 0.243 e. The molecule has 0 radical (unpaired) electrons. The van der Waals surface area contributed by atoms with E-state index in [1.54, 1.807) is 23.1 Å². The summed E-state index contributed by atoms with van der Waals surface area (Å²) in [5.41, 5.74) is 8.80. The Hall–Kier alpha value is -3.00. The summed E-state index contributed by atoms with van der Waals surface area (Å²) in [5.74, 6) is 0.473. The van der Waals surface area contributed by atoms with Gasteiger partial charge in [0, 0.05) is 12.2 Å². The summed E-state index contributed by atoms with van der Waals surface area (Å²) >= 11 is 0. The maximum atomic E-state index is 13.1. The number of hydrogen-bond donors (Lipinski definition) is 3. The van der Waals surface area contributed by atoms with E-state index < -0.39 is 6.04 Å². The summed E-state index contributed by atoms with van der Waals surface area (Å²) < 4.78 is 13.1. The summed E-state index contributed by atoms with van der Waals surface area (Å²) in [5, 5.41) is 6.43. The molecule has 3 heterocycles. The fraction of sp³-hybridized carbons (Fsp3) is 0.458. The summed E-state index contributed by atoms with van der Waals surface area (Å²) in [6.07, 6.45) is 3.81. The fourth-order valence-electron chi connectivity index (χ4n) is 5.13. The van der Waals surface area contributed by atoms with Gasteiger partial charge in [0.1, 0.15) is 17.7 Å². The zero-order valence-electron chi connectivity index (χ0n) is 17.9. The first-order valence-electron chi connectivity index (χ1n) is 11.3. The number of aryl methyl sites for hydroxylation is 1. The lowest BCUT2D eigenvalue weighted by Gasteiger charge is -2.41. The Bertz CT molecular complexity index is 1030. The van der Waals surface area contributed by atoms with Crippen LogP contribution in [0.15, 0.2) is 36.4 Å². The third-order valence-corrected chi connectivity index (χ3v) is 6.96. The van der Waals surface area contributed by atoms with Gasteiger partial charge in [-0.3, -0.25) is 9.59 Å². The zero-order valence-corrected chi connectivity index (χ0v) is 17.9. The van der Waals surface area contributed by atoms with Gasteiger partial charge in [-0.1, -0.05) is 18.2 Å². The minimum Gasteiger partial charge on any atom is -0.384 e. The lowest BCUT2D eigenvalue weighted by atomic mass is 9.94. The highest BCUT2D eigenvalue weighted by molar-refractivity contribution is 5.91. The molecule has 5 rings (SSSR count). The minimum atomic E-state index is -0.411. The van der Waals surface area contributed by atoms with Gasteiger partial charge >= 0.3 is 0 Å². The highest BCUT2D eigenvalue weighted by atomic mass is 19.1. The highest BCUT2D eigenvalue weighted by Gasteiger charge is 2.43. The van der Waals surface area contributed by atoms with Crippen molar-refractivity contribution in [2.75, 3.05) is 18.8 Å². The number of halogens is 1. The van der Waals surface area contributed by atoms with Crippen molar-refractivity contribution < 1.29 is 14.0 Å². The molecule has 4 atom stereocenters. The van der Waals surface area contributed by atoms with Crippen LogP contribution in [0.3, 0.4) is 0 Å². The molecule has 168 valence electrons. The first-order chi connectivity index (χ1) is 15.5. The van der Waals surface area contributed by atoms with E-state index in [-0.39, 0.29) is 29.7 Å². The van der Waals surface area contributed by atoms with Crippen LogP contribution in [-0.2, 0) is 22.4 Å². The molecule has 2 aromatic rings. The molecule has 1 aliphatic carbocycles. The molecule has 2 fully saturated rings. The number of rotatable bonds is 5. The number of nitrogens with zero attached hydrogens (tertiary/aromatic N) is 2. The molecule has 8 heteroatoms. The monoisotopic (exact) mass is 437 g/mol. The van der Waals surface area contributed by atoms with E-state index in [1.807, 2.05) is 6.07 Å². The number of aromatic nitrogens is 1. The molecule has 1 aromatic heterocycles. The standard InChI is InChI=1S/C24H28FN5O2/c25-16-3-1-14(2-4-16)11-15-12-20(27-13-15)24(32)30-10-9-21(30)23(31)29-19-7-6-18-17(19)5-8-22(26)28-18/h1-5,8,15,19-21,27H,6-7,9-13H2,(H2,26,28)(H,29,31)/t15-,19?,20+,21-/m0/s1. The highest BCUT2D eigenvalue weighted by Crippen LogP contribution is 2.31. The lowest BCUT2D eigenvalue weighted by Crippen LogP contribution is -2.61. The molecule has 1 unspecified atom stereocenters. The minimum absolute atomic E-state index is 0.000677. The number of pyridine rings is 1. The van der Waals surface area contributed by atoms with E-state index in [0.29, 0.717) is 24.7 Å². The largest absolute Gasteiger partial charge is 0.384 e. The maximum absolute atomic E-state index is 13.1. The number of likely N-dealkylation sites (tertiary alicyclic amines) is 1. The third-order valence-electron chi connectivity index (χ3n) is 6.96. The van der Waals surface area contributed by atoms with Crippen molar-refractivity contribution in [3.8, 4) is 0 Å². The van der Waals surface area contributed by atoms with E-state index in [1.165, 1.54) is 12.1 Å². The summed E-state index contributed by atoms with van der Waals surface area (Å²) in [6, 6.07) is 9.47. The van der Waals surface area contributed by atoms with Crippen LogP contribution in [0.2, 0.25) is 0 Å². The summed E-state index contributed by atoms with van der Waals surface area (Å²) in [7, 11) is 0. The van der Waals surface area contributed by atoms with Crippen LogP contribution in [0, 0.1) is 11.7 Å². The van der Waals surface area contributed by atoms with Gasteiger partial charge in [0.25, 0.3) is 0 Å². The molecule has 7 nitrogen and oxygen atoms in total. The Morgan fingerprint density at radius 2 is 2.00 bits per heavy atom. The van der Waals surface area contributed by atoms with Crippen LogP contribution < -0.4 is 16.4 Å². The van der Waals surface area contributed by atoms with E-state index in [9.17, 15) is 14.0 Å². The Balaban J connectivity index is 1.15. The Morgan fingerprint density at radius 3 is 2.75 bits per heavy atom. The number of benzene rings is 1. The zero-order chi connectivity index (χ0) is 22.2. The number of nitrogens with one attached hydrogen (secondary N) is 2. The van der Waals surface area contributed by atoms with Crippen LogP contribution in [0.25, 0.3) is 0 Å². The van der Waals surface area contributed by atoms with Crippen molar-refractivity contribution in [3.05, 3.63) is 59.0 Å². The van der Waals surface area contributed by atoms with Crippen molar-refractivity contribution in [3.63, 3.8) is 0 Å². The van der Waals surface area contributed by atoms with Crippen molar-refractivity contribution >= 4 is 17.6 Å². The van der Waals surface area contributed by atoms with Gasteiger partial charge < -0.3 is 21.3 Å². The summed E-state index contributed by atoms with van der Waals surface area (Å²) in [6.45, 7) is 1.35. The second kappa shape index (κ2) is 8.50. The number of hydrogen-bond acceptors (Lipinski definition) is 5. The van der Waals surface area contributed by atoms with E-state index in [4.69, 9.17) is 5.73 Å². The van der Waals surface area contributed by atoms with Crippen molar-refractivity contribution in [1.82, 2.24) is 20.5 Å². The Labute approximate surface area is 186 Å². The number of nitrogen functional groups attached to an aromatic ring is 1. The van der Waals surface area contributed by atoms with Gasteiger partial charge in [-0.25, -0.2) is 9.37 Å². The van der Waals surface area contributed by atoms with Crippen LogP contribution in [0.1, 0.15) is 42.1 Å². The quantitative estimate of drug-likeness (QED) is 0.662. The molecular formula is C24H28FN5O2. The van der Waals surface area contributed by atoms with Crippen molar-refractivity contribution in [2.24, 2.45) is 5.92 Å². The topological polar surface area (TPSA) is 100 Å². The molecule has 4 N–H and O–H groups in total. The van der Waals surface area contributed by atoms with Gasteiger partial charge in [-0.15, -0.1) is 0 Å². The van der Waals surface area contributed by atoms with Gasteiger partial charge in [0.15, 0.2) is 0 Å². The molecule has 32 heavy (non-hydrogen) atoms. The first kappa shape index (κ1) is 20.9. The molecular weight excluding hydrogens is 409 g/mol. The molecule has 1 aromatic carbocycles. The van der Waals surface area contributed by atoms with Gasteiger partial charge in [-0.05, 0) is 73.9 Å². The second-order valence-electron chi connectivity index (χ2n) is 9.10. The Kier molecular flexibility index (Phi) is 5.55. The Morgan fingerprint density at radius 1 is 1.19 bits per heavy atom. The molecule has 0 bridgehead atoms. The molecule has 2 saturated heterocycles. The first-order valence-corrected chi connectivity index (χ1v) is 11.3. The normalized spacial score (nSPS) is 26.5. The fourth-order valence-corrected chi connectivity index (χ4v) is 5.13. The van der Waals surface area contributed by atoms with Crippen LogP contribution in [0.5, 0.6) is 0 Å². The molecule has 3 aliphatic rings. The average molecular weight is 438 g/mol. The number of carbonyl (C=O) groups excluding carboxylic acids is 2. The molecule has 2 amide bonds. The third kappa shape index (κ3) is 4.07. The average Bonchev–Trinajstić information content (AvgIpc) is 3.36. The predicted octanol–water partition coefficient (Wildman–Crippen LogP) is 1.73. The van der Waals surface area contributed by atoms with E-state index in [2.05, 4.69) is 15.6 Å². The second-order valence-corrected chi connectivity index (χ2v) is 9.10. The van der Waals surface area contributed by atoms with Gasteiger partial charge in [0.05, 0.1) is 12.1 Å². The SMILES string of the molecule is Nc1ccc2c(n1)CCC2NC(=O)[C@@H]1CCN1C(=O)[C@H]1C[C@H](Cc2ccc(F)cc2)CN1. The summed E-state index contributed by atoms with van der Waals surface area (Å²) in [4.78, 5) is 32.0. The van der Waals surface area contributed by atoms with Crippen molar-refractivity contribution in [1.29, 1.82) is 0 Å². The molecule has 0 spiro atoms. The van der Waals surface area contributed by atoms with Crippen molar-refractivity contribution in [2.45, 2.75) is 50.2 Å². The lowest BCUT2D eigenvalue weighted by molar-refractivity contribution is -0.149. The number of nitrogens with two attached hydrogens (primary N) is 1. The van der Waals surface area contributed by atoms with Crippen LogP contribution in [-0.4, -0.2) is 46.9 Å². The van der Waals surface area contributed by atoms with Crippen LogP contribution >= 0.6 is 0 Å². The molecule has 2 aliphatic heterocycles. The number of amides is 2. The number of fused-ring (bicyclic) bond motifs is 1. The van der Waals surface area contributed by atoms with E-state index in [0.717, 1.165) is 49.0 Å². The van der Waals surface area contributed by atoms with Gasteiger partial charge in [0.2, 0.25) is 11.8 Å². The number of anilines is 1. The smallest absolute Gasteiger partial charge is 0.243 e. The van der Waals surface area contributed by atoms with Crippen LogP contribution in [0.4, 0.5) is 10.2 Å².